The van der Waals surface area contributed by atoms with Gasteiger partial charge in [0.25, 0.3) is 5.91 Å². The van der Waals surface area contributed by atoms with Crippen LogP contribution in [0.25, 0.3) is 0 Å². The summed E-state index contributed by atoms with van der Waals surface area (Å²) in [6.07, 6.45) is 1.91. The number of amides is 1. The van der Waals surface area contributed by atoms with Crippen molar-refractivity contribution in [1.82, 2.24) is 5.32 Å². The van der Waals surface area contributed by atoms with Gasteiger partial charge in [-0.15, -0.1) is 0 Å². The number of carbonyl (C=O) groups excluding carboxylic acids is 2. The average molecular weight is 411 g/mol. The van der Waals surface area contributed by atoms with Crippen molar-refractivity contribution in [2.45, 2.75) is 17.9 Å². The van der Waals surface area contributed by atoms with Crippen molar-refractivity contribution < 1.29 is 32.1 Å². The molecule has 0 aliphatic carbocycles. The number of halogens is 2. The Labute approximate surface area is 163 Å². The largest absolute Gasteiger partial charge is 0.452 e. The molecule has 0 aliphatic heterocycles. The summed E-state index contributed by atoms with van der Waals surface area (Å²) in [4.78, 5) is 24.2. The van der Waals surface area contributed by atoms with Crippen LogP contribution in [0.3, 0.4) is 0 Å². The molecule has 1 amide bonds. The van der Waals surface area contributed by atoms with E-state index in [-0.39, 0.29) is 17.9 Å². The van der Waals surface area contributed by atoms with Crippen LogP contribution in [0, 0.1) is 0 Å². The number of hydrogen-bond donors (Lipinski definition) is 1. The van der Waals surface area contributed by atoms with Gasteiger partial charge in [0.15, 0.2) is 6.61 Å². The van der Waals surface area contributed by atoms with E-state index in [4.69, 9.17) is 4.74 Å². The maximum Gasteiger partial charge on any atom is 0.387 e. The Morgan fingerprint density at radius 2 is 1.79 bits per heavy atom. The molecule has 0 fully saturated rings. The van der Waals surface area contributed by atoms with Crippen molar-refractivity contribution >= 4 is 22.7 Å². The highest BCUT2D eigenvalue weighted by Gasteiger charge is 2.16. The van der Waals surface area contributed by atoms with E-state index < -0.39 is 35.9 Å². The zero-order valence-corrected chi connectivity index (χ0v) is 15.8. The second-order valence-corrected chi connectivity index (χ2v) is 7.00. The molecule has 0 spiro atoms. The fraction of sp³-hybridized carbons (Fsp3) is 0.263. The maximum atomic E-state index is 12.1. The third-order valence-corrected chi connectivity index (χ3v) is 4.61. The Kier molecular flexibility index (Phi) is 8.06. The van der Waals surface area contributed by atoms with Crippen LogP contribution in [0.1, 0.15) is 15.9 Å². The van der Waals surface area contributed by atoms with Gasteiger partial charge in [0, 0.05) is 12.8 Å². The van der Waals surface area contributed by atoms with Gasteiger partial charge in [-0.3, -0.25) is 9.00 Å². The lowest BCUT2D eigenvalue weighted by Gasteiger charge is -2.09. The standard InChI is InChI=1S/C19H19F2NO5S/c1-28(25)16-5-3-2-4-15(16)18(24)26-12-17(23)22-11-10-13-6-8-14(9-7-13)27-19(20)21/h2-9,19H,10-12H2,1H3,(H,22,23)/t28-/m1/s1. The van der Waals surface area contributed by atoms with Gasteiger partial charge in [-0.2, -0.15) is 8.78 Å². The molecule has 150 valence electrons. The number of alkyl halides is 2. The Bertz CT molecular complexity index is 842. The quantitative estimate of drug-likeness (QED) is 0.642. The van der Waals surface area contributed by atoms with E-state index in [1.807, 2.05) is 0 Å². The highest BCUT2D eigenvalue weighted by Crippen LogP contribution is 2.15. The van der Waals surface area contributed by atoms with Crippen molar-refractivity contribution in [1.29, 1.82) is 0 Å². The zero-order chi connectivity index (χ0) is 20.5. The van der Waals surface area contributed by atoms with Crippen LogP contribution in [-0.2, 0) is 26.8 Å². The summed E-state index contributed by atoms with van der Waals surface area (Å²) in [5, 5.41) is 2.59. The SMILES string of the molecule is C[S@@](=O)c1ccccc1C(=O)OCC(=O)NCCc1ccc(OC(F)F)cc1. The monoisotopic (exact) mass is 411 g/mol. The molecule has 2 rings (SSSR count). The summed E-state index contributed by atoms with van der Waals surface area (Å²) >= 11 is 0. The van der Waals surface area contributed by atoms with Crippen molar-refractivity contribution in [2.75, 3.05) is 19.4 Å². The van der Waals surface area contributed by atoms with Gasteiger partial charge in [-0.1, -0.05) is 24.3 Å². The molecular weight excluding hydrogens is 392 g/mol. The third kappa shape index (κ3) is 6.73. The van der Waals surface area contributed by atoms with Crippen LogP contribution in [0.5, 0.6) is 5.75 Å². The smallest absolute Gasteiger partial charge is 0.387 e. The van der Waals surface area contributed by atoms with E-state index in [0.29, 0.717) is 11.3 Å². The predicted molar refractivity (Wildman–Crippen MR) is 98.8 cm³/mol. The van der Waals surface area contributed by atoms with Gasteiger partial charge in [0.2, 0.25) is 0 Å². The highest BCUT2D eigenvalue weighted by atomic mass is 32.2. The van der Waals surface area contributed by atoms with E-state index in [9.17, 15) is 22.6 Å². The summed E-state index contributed by atoms with van der Waals surface area (Å²) in [6, 6.07) is 12.4. The van der Waals surface area contributed by atoms with Crippen molar-refractivity contribution in [2.24, 2.45) is 0 Å². The van der Waals surface area contributed by atoms with E-state index in [1.54, 1.807) is 30.3 Å². The summed E-state index contributed by atoms with van der Waals surface area (Å²) in [5.41, 5.74) is 0.973. The Balaban J connectivity index is 1.76. The fourth-order valence-electron chi connectivity index (χ4n) is 2.33. The molecule has 6 nitrogen and oxygen atoms in total. The molecule has 0 aromatic heterocycles. The number of ether oxygens (including phenoxy) is 2. The average Bonchev–Trinajstić information content (AvgIpc) is 2.67. The first-order chi connectivity index (χ1) is 13.4. The molecule has 9 heteroatoms. The maximum absolute atomic E-state index is 12.1. The predicted octanol–water partition coefficient (Wildman–Crippen LogP) is 2.54. The molecule has 0 saturated carbocycles. The van der Waals surface area contributed by atoms with Crippen LogP contribution in [0.4, 0.5) is 8.78 Å². The molecule has 0 saturated heterocycles. The van der Waals surface area contributed by atoms with E-state index >= 15 is 0 Å². The summed E-state index contributed by atoms with van der Waals surface area (Å²) in [7, 11) is -1.36. The van der Waals surface area contributed by atoms with Gasteiger partial charge in [-0.05, 0) is 36.2 Å². The number of carbonyl (C=O) groups is 2. The lowest BCUT2D eigenvalue weighted by Crippen LogP contribution is -2.30. The Morgan fingerprint density at radius 1 is 1.11 bits per heavy atom. The summed E-state index contributed by atoms with van der Waals surface area (Å²) in [6.45, 7) is -3.07. The van der Waals surface area contributed by atoms with Crippen molar-refractivity contribution in [3.63, 3.8) is 0 Å². The van der Waals surface area contributed by atoms with Crippen molar-refractivity contribution in [3.05, 3.63) is 59.7 Å². The van der Waals surface area contributed by atoms with E-state index in [2.05, 4.69) is 10.1 Å². The minimum atomic E-state index is -2.88. The second-order valence-electron chi connectivity index (χ2n) is 5.65. The van der Waals surface area contributed by atoms with Crippen LogP contribution in [0.15, 0.2) is 53.4 Å². The molecule has 28 heavy (non-hydrogen) atoms. The first-order valence-corrected chi connectivity index (χ1v) is 9.82. The van der Waals surface area contributed by atoms with E-state index in [1.165, 1.54) is 24.5 Å². The van der Waals surface area contributed by atoms with Gasteiger partial charge in [0.05, 0.1) is 21.3 Å². The van der Waals surface area contributed by atoms with Crippen LogP contribution < -0.4 is 10.1 Å². The number of esters is 1. The minimum absolute atomic E-state index is 0.0583. The first-order valence-electron chi connectivity index (χ1n) is 8.27. The molecule has 2 aromatic rings. The molecule has 0 aliphatic rings. The molecule has 0 bridgehead atoms. The van der Waals surface area contributed by atoms with Gasteiger partial charge in [0.1, 0.15) is 5.75 Å². The molecule has 0 heterocycles. The van der Waals surface area contributed by atoms with E-state index in [0.717, 1.165) is 5.56 Å². The molecule has 1 atom stereocenters. The van der Waals surface area contributed by atoms with Gasteiger partial charge < -0.3 is 14.8 Å². The van der Waals surface area contributed by atoms with Crippen LogP contribution >= 0.6 is 0 Å². The number of rotatable bonds is 9. The summed E-state index contributed by atoms with van der Waals surface area (Å²) < 4.78 is 45.0. The summed E-state index contributed by atoms with van der Waals surface area (Å²) in [5.74, 6) is -1.15. The molecule has 2 aromatic carbocycles. The minimum Gasteiger partial charge on any atom is -0.452 e. The lowest BCUT2D eigenvalue weighted by molar-refractivity contribution is -0.124. The molecule has 0 radical (unpaired) electrons. The third-order valence-electron chi connectivity index (χ3n) is 3.64. The fourth-order valence-corrected chi connectivity index (χ4v) is 3.06. The number of nitrogens with one attached hydrogen (secondary N) is 1. The van der Waals surface area contributed by atoms with Crippen molar-refractivity contribution in [3.8, 4) is 5.75 Å². The highest BCUT2D eigenvalue weighted by molar-refractivity contribution is 7.84. The van der Waals surface area contributed by atoms with Gasteiger partial charge in [-0.25, -0.2) is 4.79 Å². The Hall–Kier alpha value is -2.81. The number of hydrogen-bond acceptors (Lipinski definition) is 5. The topological polar surface area (TPSA) is 81.7 Å². The van der Waals surface area contributed by atoms with Crippen LogP contribution in [0.2, 0.25) is 0 Å². The lowest BCUT2D eigenvalue weighted by atomic mass is 10.1. The molecule has 1 N–H and O–H groups in total. The Morgan fingerprint density at radius 3 is 2.43 bits per heavy atom. The molecular formula is C19H19F2NO5S. The normalized spacial score (nSPS) is 11.7. The number of benzene rings is 2. The second kappa shape index (κ2) is 10.5. The zero-order valence-electron chi connectivity index (χ0n) is 15.0. The molecule has 0 unspecified atom stereocenters. The van der Waals surface area contributed by atoms with Crippen LogP contribution in [-0.4, -0.2) is 42.1 Å². The van der Waals surface area contributed by atoms with Gasteiger partial charge >= 0.3 is 12.6 Å². The first kappa shape index (κ1) is 21.5.